The van der Waals surface area contributed by atoms with Crippen molar-refractivity contribution in [2.45, 2.75) is 19.9 Å². The van der Waals surface area contributed by atoms with E-state index in [0.717, 1.165) is 11.8 Å². The molecule has 0 saturated carbocycles. The van der Waals surface area contributed by atoms with Crippen molar-refractivity contribution in [2.24, 2.45) is 17.6 Å². The Morgan fingerprint density at radius 1 is 1.19 bits per heavy atom. The van der Waals surface area contributed by atoms with Crippen LogP contribution in [0.5, 0.6) is 0 Å². The van der Waals surface area contributed by atoms with Crippen molar-refractivity contribution in [1.29, 1.82) is 0 Å². The molecular formula is C14H22N2. The molecule has 1 fully saturated rings. The molecule has 1 aliphatic rings. The average Bonchev–Trinajstić information content (AvgIpc) is 2.61. The molecule has 16 heavy (non-hydrogen) atoms. The smallest absolute Gasteiger partial charge is 0.0470 e. The molecule has 0 aliphatic carbocycles. The second-order valence-electron chi connectivity index (χ2n) is 5.07. The van der Waals surface area contributed by atoms with Crippen molar-refractivity contribution in [1.82, 2.24) is 4.90 Å². The molecule has 2 nitrogen and oxygen atoms in total. The SMILES string of the molecule is CC1CN(C(CN)c2ccccc2)CC1C. The maximum Gasteiger partial charge on any atom is 0.0470 e. The Bertz CT molecular complexity index is 313. The van der Waals surface area contributed by atoms with Gasteiger partial charge in [0.25, 0.3) is 0 Å². The van der Waals surface area contributed by atoms with Gasteiger partial charge in [-0.25, -0.2) is 0 Å². The van der Waals surface area contributed by atoms with E-state index in [1.165, 1.54) is 18.7 Å². The zero-order chi connectivity index (χ0) is 11.5. The minimum Gasteiger partial charge on any atom is -0.329 e. The van der Waals surface area contributed by atoms with Gasteiger partial charge in [0.05, 0.1) is 0 Å². The van der Waals surface area contributed by atoms with E-state index in [1.807, 2.05) is 0 Å². The monoisotopic (exact) mass is 218 g/mol. The first-order valence-corrected chi connectivity index (χ1v) is 6.21. The number of likely N-dealkylation sites (tertiary alicyclic amines) is 1. The first-order valence-electron chi connectivity index (χ1n) is 6.21. The van der Waals surface area contributed by atoms with E-state index < -0.39 is 0 Å². The highest BCUT2D eigenvalue weighted by molar-refractivity contribution is 5.19. The quantitative estimate of drug-likeness (QED) is 0.843. The molecule has 2 rings (SSSR count). The van der Waals surface area contributed by atoms with Crippen LogP contribution in [0.2, 0.25) is 0 Å². The van der Waals surface area contributed by atoms with Crippen LogP contribution in [0.3, 0.4) is 0 Å². The number of hydrogen-bond acceptors (Lipinski definition) is 2. The van der Waals surface area contributed by atoms with Crippen molar-refractivity contribution in [3.05, 3.63) is 35.9 Å². The first-order chi connectivity index (χ1) is 7.72. The molecule has 1 heterocycles. The Labute approximate surface area is 98.4 Å². The van der Waals surface area contributed by atoms with Crippen LogP contribution in [0.25, 0.3) is 0 Å². The molecule has 1 aromatic carbocycles. The molecule has 88 valence electrons. The minimum absolute atomic E-state index is 0.397. The van der Waals surface area contributed by atoms with Gasteiger partial charge in [-0.15, -0.1) is 0 Å². The molecule has 1 saturated heterocycles. The third-order valence-corrected chi connectivity index (χ3v) is 3.86. The summed E-state index contributed by atoms with van der Waals surface area (Å²) in [6, 6.07) is 11.0. The van der Waals surface area contributed by atoms with E-state index in [0.29, 0.717) is 12.6 Å². The summed E-state index contributed by atoms with van der Waals surface area (Å²) in [4.78, 5) is 2.53. The van der Waals surface area contributed by atoms with E-state index in [1.54, 1.807) is 0 Å². The van der Waals surface area contributed by atoms with Gasteiger partial charge in [-0.3, -0.25) is 4.90 Å². The summed E-state index contributed by atoms with van der Waals surface area (Å²) < 4.78 is 0. The van der Waals surface area contributed by atoms with Gasteiger partial charge >= 0.3 is 0 Å². The van der Waals surface area contributed by atoms with E-state index in [2.05, 4.69) is 49.1 Å². The van der Waals surface area contributed by atoms with E-state index >= 15 is 0 Å². The Kier molecular flexibility index (Phi) is 3.62. The number of nitrogens with zero attached hydrogens (tertiary/aromatic N) is 1. The van der Waals surface area contributed by atoms with Crippen LogP contribution in [0.4, 0.5) is 0 Å². The predicted molar refractivity (Wildman–Crippen MR) is 68.1 cm³/mol. The molecule has 3 unspecified atom stereocenters. The van der Waals surface area contributed by atoms with Gasteiger partial charge in [0.1, 0.15) is 0 Å². The van der Waals surface area contributed by atoms with Gasteiger partial charge in [0, 0.05) is 25.7 Å². The highest BCUT2D eigenvalue weighted by Gasteiger charge is 2.30. The highest BCUT2D eigenvalue weighted by Crippen LogP contribution is 2.29. The van der Waals surface area contributed by atoms with E-state index in [9.17, 15) is 0 Å². The van der Waals surface area contributed by atoms with Crippen molar-refractivity contribution in [3.8, 4) is 0 Å². The minimum atomic E-state index is 0.397. The molecule has 0 bridgehead atoms. The van der Waals surface area contributed by atoms with Crippen molar-refractivity contribution < 1.29 is 0 Å². The highest BCUT2D eigenvalue weighted by atomic mass is 15.2. The fourth-order valence-corrected chi connectivity index (χ4v) is 2.60. The molecule has 1 aliphatic heterocycles. The summed E-state index contributed by atoms with van der Waals surface area (Å²) in [5.41, 5.74) is 7.29. The van der Waals surface area contributed by atoms with Gasteiger partial charge in [-0.1, -0.05) is 44.2 Å². The van der Waals surface area contributed by atoms with Crippen LogP contribution in [0, 0.1) is 11.8 Å². The second-order valence-corrected chi connectivity index (χ2v) is 5.07. The number of nitrogens with two attached hydrogens (primary N) is 1. The van der Waals surface area contributed by atoms with E-state index in [-0.39, 0.29) is 0 Å². The van der Waals surface area contributed by atoms with Crippen LogP contribution in [0.15, 0.2) is 30.3 Å². The number of rotatable bonds is 3. The van der Waals surface area contributed by atoms with Crippen molar-refractivity contribution in [2.75, 3.05) is 19.6 Å². The van der Waals surface area contributed by atoms with E-state index in [4.69, 9.17) is 5.73 Å². The summed E-state index contributed by atoms with van der Waals surface area (Å²) in [7, 11) is 0. The summed E-state index contributed by atoms with van der Waals surface area (Å²) in [5, 5.41) is 0. The lowest BCUT2D eigenvalue weighted by atomic mass is 10.0. The number of benzene rings is 1. The molecule has 1 aromatic rings. The molecule has 0 aromatic heterocycles. The largest absolute Gasteiger partial charge is 0.329 e. The Balaban J connectivity index is 2.12. The summed E-state index contributed by atoms with van der Waals surface area (Å²) in [5.74, 6) is 1.58. The lowest BCUT2D eigenvalue weighted by molar-refractivity contribution is 0.240. The van der Waals surface area contributed by atoms with Crippen LogP contribution in [0.1, 0.15) is 25.5 Å². The third-order valence-electron chi connectivity index (χ3n) is 3.86. The van der Waals surface area contributed by atoms with Crippen LogP contribution in [-0.4, -0.2) is 24.5 Å². The Morgan fingerprint density at radius 2 is 1.75 bits per heavy atom. The lowest BCUT2D eigenvalue weighted by Gasteiger charge is -2.27. The molecule has 0 radical (unpaired) electrons. The van der Waals surface area contributed by atoms with Gasteiger partial charge < -0.3 is 5.73 Å². The van der Waals surface area contributed by atoms with Gasteiger partial charge in [0.15, 0.2) is 0 Å². The first kappa shape index (κ1) is 11.6. The molecule has 3 atom stereocenters. The Morgan fingerprint density at radius 3 is 2.25 bits per heavy atom. The third kappa shape index (κ3) is 2.28. The molecule has 2 N–H and O–H groups in total. The second kappa shape index (κ2) is 4.98. The predicted octanol–water partition coefficient (Wildman–Crippen LogP) is 2.27. The lowest BCUT2D eigenvalue weighted by Crippen LogP contribution is -2.32. The topological polar surface area (TPSA) is 29.3 Å². The maximum absolute atomic E-state index is 5.93. The van der Waals surface area contributed by atoms with Crippen molar-refractivity contribution in [3.63, 3.8) is 0 Å². The van der Waals surface area contributed by atoms with Crippen LogP contribution < -0.4 is 5.73 Å². The fourth-order valence-electron chi connectivity index (χ4n) is 2.60. The fraction of sp³-hybridized carbons (Fsp3) is 0.571. The summed E-state index contributed by atoms with van der Waals surface area (Å²) in [6.07, 6.45) is 0. The molecule has 0 amide bonds. The molecular weight excluding hydrogens is 196 g/mol. The summed E-state index contributed by atoms with van der Waals surface area (Å²) >= 11 is 0. The zero-order valence-corrected chi connectivity index (χ0v) is 10.3. The van der Waals surface area contributed by atoms with Gasteiger partial charge in [-0.2, -0.15) is 0 Å². The zero-order valence-electron chi connectivity index (χ0n) is 10.3. The Hall–Kier alpha value is -0.860. The van der Waals surface area contributed by atoms with Gasteiger partial charge in [-0.05, 0) is 17.4 Å². The summed E-state index contributed by atoms with van der Waals surface area (Å²) in [6.45, 7) is 7.74. The average molecular weight is 218 g/mol. The maximum atomic E-state index is 5.93. The van der Waals surface area contributed by atoms with Crippen molar-refractivity contribution >= 4 is 0 Å². The van der Waals surface area contributed by atoms with Crippen LogP contribution >= 0.6 is 0 Å². The van der Waals surface area contributed by atoms with Gasteiger partial charge in [0.2, 0.25) is 0 Å². The normalized spacial score (nSPS) is 28.2. The standard InChI is InChI=1S/C14H22N2/c1-11-9-16(10-12(11)2)14(8-15)13-6-4-3-5-7-13/h3-7,11-12,14H,8-10,15H2,1-2H3. The molecule has 2 heteroatoms. The number of hydrogen-bond donors (Lipinski definition) is 1. The molecule has 0 spiro atoms. The van der Waals surface area contributed by atoms with Crippen LogP contribution in [-0.2, 0) is 0 Å².